The lowest BCUT2D eigenvalue weighted by atomic mass is 10.2. The Labute approximate surface area is 124 Å². The molecule has 6 heteroatoms. The van der Waals surface area contributed by atoms with Gasteiger partial charge in [0, 0.05) is 6.07 Å². The third kappa shape index (κ3) is 4.39. The van der Waals surface area contributed by atoms with E-state index in [-0.39, 0.29) is 0 Å². The highest BCUT2D eigenvalue weighted by Gasteiger charge is 2.07. The van der Waals surface area contributed by atoms with Gasteiger partial charge in [-0.3, -0.25) is 0 Å². The lowest BCUT2D eigenvalue weighted by molar-refractivity contribution is 0.150. The molecular formula is C15H21N3O3. The molecule has 3 N–H and O–H groups in total. The first-order chi connectivity index (χ1) is 10.2. The van der Waals surface area contributed by atoms with Crippen molar-refractivity contribution in [1.82, 2.24) is 0 Å². The molecule has 0 saturated heterocycles. The minimum Gasteiger partial charge on any atom is -0.497 e. The molecule has 0 unspecified atom stereocenters. The number of aliphatic imine (C=N–C) groups is 1. The number of nitrogens with zero attached hydrogens (tertiary/aromatic N) is 1. The number of ether oxygens (including phenoxy) is 3. The molecule has 0 aromatic heterocycles. The van der Waals surface area contributed by atoms with E-state index in [2.05, 4.69) is 16.4 Å². The van der Waals surface area contributed by atoms with Gasteiger partial charge in [-0.15, -0.1) is 0 Å². The van der Waals surface area contributed by atoms with Crippen LogP contribution in [0.3, 0.4) is 0 Å². The molecule has 0 saturated carbocycles. The summed E-state index contributed by atoms with van der Waals surface area (Å²) in [7, 11) is 3.21. The summed E-state index contributed by atoms with van der Waals surface area (Å²) in [5.41, 5.74) is 7.77. The minimum atomic E-state index is 0.327. The lowest BCUT2D eigenvalue weighted by Crippen LogP contribution is -2.24. The molecule has 0 atom stereocenters. The van der Waals surface area contributed by atoms with Crippen LogP contribution in [0.1, 0.15) is 6.42 Å². The van der Waals surface area contributed by atoms with E-state index in [9.17, 15) is 0 Å². The predicted octanol–water partition coefficient (Wildman–Crippen LogP) is 1.78. The van der Waals surface area contributed by atoms with Crippen LogP contribution >= 0.6 is 0 Å². The van der Waals surface area contributed by atoms with Crippen molar-refractivity contribution < 1.29 is 14.2 Å². The van der Waals surface area contributed by atoms with E-state index in [1.54, 1.807) is 14.2 Å². The maximum atomic E-state index is 5.91. The van der Waals surface area contributed by atoms with Crippen LogP contribution in [0.25, 0.3) is 0 Å². The van der Waals surface area contributed by atoms with Crippen LogP contribution in [0, 0.1) is 0 Å². The zero-order chi connectivity index (χ0) is 15.1. The molecule has 1 aliphatic heterocycles. The first-order valence-corrected chi connectivity index (χ1v) is 6.77. The molecule has 1 aromatic rings. The highest BCUT2D eigenvalue weighted by molar-refractivity contribution is 5.94. The molecule has 0 bridgehead atoms. The van der Waals surface area contributed by atoms with Gasteiger partial charge in [0.15, 0.2) is 5.96 Å². The van der Waals surface area contributed by atoms with Crippen molar-refractivity contribution in [2.75, 3.05) is 39.3 Å². The van der Waals surface area contributed by atoms with Gasteiger partial charge in [-0.25, -0.2) is 4.99 Å². The van der Waals surface area contributed by atoms with Gasteiger partial charge in [0.2, 0.25) is 0 Å². The van der Waals surface area contributed by atoms with Gasteiger partial charge >= 0.3 is 0 Å². The van der Waals surface area contributed by atoms with Crippen molar-refractivity contribution in [3.63, 3.8) is 0 Å². The number of methoxy groups -OCH3 is 2. The summed E-state index contributed by atoms with van der Waals surface area (Å²) in [6.45, 7) is 1.94. The van der Waals surface area contributed by atoms with Gasteiger partial charge < -0.3 is 25.3 Å². The second kappa shape index (κ2) is 7.54. The maximum absolute atomic E-state index is 5.91. The molecule has 2 rings (SSSR count). The van der Waals surface area contributed by atoms with Gasteiger partial charge in [0.1, 0.15) is 11.5 Å². The van der Waals surface area contributed by atoms with Crippen LogP contribution in [0.4, 0.5) is 5.69 Å². The number of rotatable bonds is 5. The third-order valence-electron chi connectivity index (χ3n) is 3.10. The van der Waals surface area contributed by atoms with Crippen molar-refractivity contribution >= 4 is 11.6 Å². The number of nitrogens with two attached hydrogens (primary N) is 1. The largest absolute Gasteiger partial charge is 0.497 e. The quantitative estimate of drug-likeness (QED) is 0.491. The van der Waals surface area contributed by atoms with E-state index in [0.717, 1.165) is 24.4 Å². The van der Waals surface area contributed by atoms with E-state index in [4.69, 9.17) is 19.9 Å². The summed E-state index contributed by atoms with van der Waals surface area (Å²) in [6.07, 6.45) is 3.08. The normalized spacial score (nSPS) is 15.3. The number of guanidine groups is 1. The Hall–Kier alpha value is -2.21. The fourth-order valence-corrected chi connectivity index (χ4v) is 1.99. The number of hydrogen-bond acceptors (Lipinski definition) is 4. The zero-order valence-corrected chi connectivity index (χ0v) is 12.4. The van der Waals surface area contributed by atoms with Gasteiger partial charge in [-0.2, -0.15) is 0 Å². The lowest BCUT2D eigenvalue weighted by Gasteiger charge is -2.14. The van der Waals surface area contributed by atoms with Gasteiger partial charge in [-0.05, 0) is 24.1 Å². The highest BCUT2D eigenvalue weighted by atomic mass is 16.5. The molecule has 0 spiro atoms. The number of benzene rings is 1. The Morgan fingerprint density at radius 2 is 2.24 bits per heavy atom. The molecule has 0 fully saturated rings. The summed E-state index contributed by atoms with van der Waals surface area (Å²) in [6, 6.07) is 5.44. The molecule has 1 aromatic carbocycles. The van der Waals surface area contributed by atoms with Crippen molar-refractivity contribution in [1.29, 1.82) is 0 Å². The van der Waals surface area contributed by atoms with Crippen molar-refractivity contribution in [2.24, 2.45) is 10.7 Å². The highest BCUT2D eigenvalue weighted by Crippen LogP contribution is 2.28. The van der Waals surface area contributed by atoms with E-state index < -0.39 is 0 Å². The molecule has 0 amide bonds. The second-order valence-corrected chi connectivity index (χ2v) is 4.60. The summed E-state index contributed by atoms with van der Waals surface area (Å²) in [4.78, 5) is 4.31. The number of anilines is 1. The van der Waals surface area contributed by atoms with Crippen molar-refractivity contribution in [2.45, 2.75) is 6.42 Å². The Kier molecular flexibility index (Phi) is 5.45. The van der Waals surface area contributed by atoms with Crippen LogP contribution in [-0.4, -0.2) is 39.9 Å². The van der Waals surface area contributed by atoms with Gasteiger partial charge in [-0.1, -0.05) is 6.08 Å². The molecule has 0 radical (unpaired) electrons. The SMILES string of the molecule is COc1ccc(OC)c(NC(N)=NCC2=CCCOC2)c1. The Bertz CT molecular complexity index is 541. The van der Waals surface area contributed by atoms with E-state index >= 15 is 0 Å². The molecule has 0 aliphatic carbocycles. The topological polar surface area (TPSA) is 78.1 Å². The smallest absolute Gasteiger partial charge is 0.193 e. The summed E-state index contributed by atoms with van der Waals surface area (Å²) >= 11 is 0. The molecule has 1 aliphatic rings. The molecular weight excluding hydrogens is 270 g/mol. The standard InChI is InChI=1S/C15H21N3O3/c1-19-12-5-6-14(20-2)13(8-12)18-15(16)17-9-11-4-3-7-21-10-11/h4-6,8H,3,7,9-10H2,1-2H3,(H3,16,17,18). The fraction of sp³-hybridized carbons (Fsp3) is 0.400. The van der Waals surface area contributed by atoms with Crippen LogP contribution in [0.15, 0.2) is 34.8 Å². The minimum absolute atomic E-state index is 0.327. The summed E-state index contributed by atoms with van der Waals surface area (Å²) < 4.78 is 15.8. The van der Waals surface area contributed by atoms with Crippen LogP contribution in [0.2, 0.25) is 0 Å². The Balaban J connectivity index is 2.03. The monoisotopic (exact) mass is 291 g/mol. The zero-order valence-electron chi connectivity index (χ0n) is 12.4. The summed E-state index contributed by atoms with van der Waals surface area (Å²) in [5, 5.41) is 3.03. The van der Waals surface area contributed by atoms with Crippen LogP contribution in [-0.2, 0) is 4.74 Å². The Morgan fingerprint density at radius 3 is 2.90 bits per heavy atom. The second-order valence-electron chi connectivity index (χ2n) is 4.60. The first-order valence-electron chi connectivity index (χ1n) is 6.77. The Morgan fingerprint density at radius 1 is 1.38 bits per heavy atom. The first kappa shape index (κ1) is 15.2. The van der Waals surface area contributed by atoms with E-state index in [0.29, 0.717) is 30.5 Å². The van der Waals surface area contributed by atoms with Crippen molar-refractivity contribution in [3.8, 4) is 11.5 Å². The third-order valence-corrected chi connectivity index (χ3v) is 3.10. The molecule has 6 nitrogen and oxygen atoms in total. The van der Waals surface area contributed by atoms with E-state index in [1.165, 1.54) is 0 Å². The molecule has 1 heterocycles. The fourth-order valence-electron chi connectivity index (χ4n) is 1.99. The summed E-state index contributed by atoms with van der Waals surface area (Å²) in [5.74, 6) is 1.72. The molecule has 114 valence electrons. The average Bonchev–Trinajstić information content (AvgIpc) is 2.54. The average molecular weight is 291 g/mol. The maximum Gasteiger partial charge on any atom is 0.193 e. The predicted molar refractivity (Wildman–Crippen MR) is 83.2 cm³/mol. The number of hydrogen-bond donors (Lipinski definition) is 2. The van der Waals surface area contributed by atoms with Gasteiger partial charge in [0.05, 0.1) is 39.7 Å². The van der Waals surface area contributed by atoms with Crippen molar-refractivity contribution in [3.05, 3.63) is 29.8 Å². The number of nitrogens with one attached hydrogen (secondary N) is 1. The van der Waals surface area contributed by atoms with Crippen LogP contribution < -0.4 is 20.5 Å². The van der Waals surface area contributed by atoms with E-state index in [1.807, 2.05) is 18.2 Å². The van der Waals surface area contributed by atoms with Crippen LogP contribution in [0.5, 0.6) is 11.5 Å². The molecule has 21 heavy (non-hydrogen) atoms. The van der Waals surface area contributed by atoms with Gasteiger partial charge in [0.25, 0.3) is 0 Å².